The smallest absolute Gasteiger partial charge is 0.262 e. The second kappa shape index (κ2) is 7.97. The van der Waals surface area contributed by atoms with Gasteiger partial charge in [0.05, 0.1) is 12.6 Å². The molecule has 0 saturated carbocycles. The largest absolute Gasteiger partial charge is 0.497 e. The number of hydrogen-bond donors (Lipinski definition) is 0. The van der Waals surface area contributed by atoms with Crippen LogP contribution in [0.5, 0.6) is 5.75 Å². The van der Waals surface area contributed by atoms with E-state index in [1.807, 2.05) is 32.0 Å². The molecule has 0 bridgehead atoms. The molecule has 0 fully saturated rings. The van der Waals surface area contributed by atoms with E-state index >= 15 is 0 Å². The van der Waals surface area contributed by atoms with Crippen LogP contribution in [-0.4, -0.2) is 23.4 Å². The lowest BCUT2D eigenvalue weighted by Gasteiger charge is -2.08. The molecule has 0 aliphatic rings. The molecular formula is C22H22ClNO3. The van der Waals surface area contributed by atoms with Crippen LogP contribution >= 0.6 is 11.6 Å². The lowest BCUT2D eigenvalue weighted by atomic mass is 10.0. The van der Waals surface area contributed by atoms with Crippen molar-refractivity contribution in [1.29, 1.82) is 0 Å². The van der Waals surface area contributed by atoms with Crippen LogP contribution < -0.4 is 4.74 Å². The minimum Gasteiger partial charge on any atom is -0.497 e. The van der Waals surface area contributed by atoms with Gasteiger partial charge in [-0.25, -0.2) is 0 Å². The van der Waals surface area contributed by atoms with Crippen molar-refractivity contribution in [1.82, 2.24) is 4.57 Å². The molecule has 1 heterocycles. The first-order valence-corrected chi connectivity index (χ1v) is 9.34. The second-order valence-corrected chi connectivity index (χ2v) is 7.00. The van der Waals surface area contributed by atoms with Gasteiger partial charge < -0.3 is 4.74 Å². The van der Waals surface area contributed by atoms with E-state index in [9.17, 15) is 9.59 Å². The molecule has 3 aromatic rings. The number of carbonyl (C=O) groups excluding carboxylic acids is 2. The molecule has 0 radical (unpaired) electrons. The molecule has 4 nitrogen and oxygen atoms in total. The molecule has 0 aliphatic heterocycles. The first-order chi connectivity index (χ1) is 13.0. The van der Waals surface area contributed by atoms with Crippen LogP contribution in [-0.2, 0) is 11.2 Å². The molecule has 0 unspecified atom stereocenters. The van der Waals surface area contributed by atoms with E-state index in [2.05, 4.69) is 0 Å². The van der Waals surface area contributed by atoms with E-state index in [1.165, 1.54) is 0 Å². The van der Waals surface area contributed by atoms with Gasteiger partial charge in [0, 0.05) is 34.5 Å². The van der Waals surface area contributed by atoms with E-state index in [0.29, 0.717) is 29.2 Å². The number of rotatable bonds is 6. The van der Waals surface area contributed by atoms with Gasteiger partial charge in [-0.15, -0.1) is 0 Å². The van der Waals surface area contributed by atoms with Crippen molar-refractivity contribution >= 4 is 34.2 Å². The zero-order valence-electron chi connectivity index (χ0n) is 15.7. The molecule has 27 heavy (non-hydrogen) atoms. The molecular weight excluding hydrogens is 362 g/mol. The maximum Gasteiger partial charge on any atom is 0.262 e. The number of ether oxygens (including phenoxy) is 1. The number of methoxy groups -OCH3 is 1. The van der Waals surface area contributed by atoms with Crippen molar-refractivity contribution in [3.8, 4) is 5.75 Å². The van der Waals surface area contributed by atoms with Crippen LogP contribution in [0.15, 0.2) is 42.5 Å². The first kappa shape index (κ1) is 19.2. The normalized spacial score (nSPS) is 11.0. The monoisotopic (exact) mass is 383 g/mol. The van der Waals surface area contributed by atoms with Gasteiger partial charge >= 0.3 is 0 Å². The highest BCUT2D eigenvalue weighted by atomic mass is 35.5. The Morgan fingerprint density at radius 2 is 1.81 bits per heavy atom. The highest BCUT2D eigenvalue weighted by Crippen LogP contribution is 2.31. The second-order valence-electron chi connectivity index (χ2n) is 6.56. The van der Waals surface area contributed by atoms with Crippen molar-refractivity contribution in [2.75, 3.05) is 7.11 Å². The Balaban J connectivity index is 2.17. The summed E-state index contributed by atoms with van der Waals surface area (Å²) >= 11 is 5.94. The molecule has 0 spiro atoms. The fraction of sp³-hybridized carbons (Fsp3) is 0.273. The van der Waals surface area contributed by atoms with Gasteiger partial charge in [-0.05, 0) is 61.4 Å². The number of fused-ring (bicyclic) bond motifs is 1. The van der Waals surface area contributed by atoms with Gasteiger partial charge in [0.1, 0.15) is 11.5 Å². The summed E-state index contributed by atoms with van der Waals surface area (Å²) in [5, 5.41) is 1.45. The Morgan fingerprint density at radius 3 is 2.44 bits per heavy atom. The summed E-state index contributed by atoms with van der Waals surface area (Å²) in [6.07, 6.45) is 1.65. The Labute approximate surface area is 163 Å². The zero-order chi connectivity index (χ0) is 19.6. The third kappa shape index (κ3) is 3.76. The lowest BCUT2D eigenvalue weighted by molar-refractivity contribution is -0.118. The summed E-state index contributed by atoms with van der Waals surface area (Å²) in [7, 11) is 1.60. The Hall–Kier alpha value is -2.59. The molecule has 5 heteroatoms. The minimum atomic E-state index is -0.145. The van der Waals surface area contributed by atoms with Gasteiger partial charge in [-0.2, -0.15) is 0 Å². The van der Waals surface area contributed by atoms with Crippen molar-refractivity contribution in [2.24, 2.45) is 0 Å². The van der Waals surface area contributed by atoms with Crippen LogP contribution in [0.1, 0.15) is 41.4 Å². The Kier molecular flexibility index (Phi) is 5.66. The summed E-state index contributed by atoms with van der Waals surface area (Å²) in [6, 6.07) is 12.4. The first-order valence-electron chi connectivity index (χ1n) is 8.96. The van der Waals surface area contributed by atoms with E-state index in [1.54, 1.807) is 35.9 Å². The van der Waals surface area contributed by atoms with E-state index < -0.39 is 0 Å². The number of halogens is 1. The third-order valence-electron chi connectivity index (χ3n) is 4.74. The fourth-order valence-corrected chi connectivity index (χ4v) is 3.49. The summed E-state index contributed by atoms with van der Waals surface area (Å²) < 4.78 is 7.02. The van der Waals surface area contributed by atoms with Gasteiger partial charge in [0.2, 0.25) is 0 Å². The minimum absolute atomic E-state index is 0.145. The van der Waals surface area contributed by atoms with Crippen LogP contribution in [0.25, 0.3) is 10.9 Å². The average molecular weight is 384 g/mol. The van der Waals surface area contributed by atoms with Crippen LogP contribution in [0.2, 0.25) is 5.02 Å². The number of Topliss-reactive ketones (excluding diaryl/α,β-unsaturated/α-hetero) is 1. The summed E-state index contributed by atoms with van der Waals surface area (Å²) in [4.78, 5) is 25.5. The van der Waals surface area contributed by atoms with Crippen molar-refractivity contribution in [3.05, 3.63) is 64.3 Å². The highest BCUT2D eigenvalue weighted by Gasteiger charge is 2.21. The van der Waals surface area contributed by atoms with E-state index in [-0.39, 0.29) is 11.7 Å². The van der Waals surface area contributed by atoms with Gasteiger partial charge in [0.25, 0.3) is 5.91 Å². The number of aromatic nitrogens is 1. The fourth-order valence-electron chi connectivity index (χ4n) is 3.36. The number of ketones is 1. The zero-order valence-corrected chi connectivity index (χ0v) is 16.5. The van der Waals surface area contributed by atoms with E-state index in [0.717, 1.165) is 28.6 Å². The van der Waals surface area contributed by atoms with Crippen molar-refractivity contribution in [3.63, 3.8) is 0 Å². The SMILES string of the molecule is CCCC(=O)Cc1c(C)n(C(=O)c2ccc(Cl)cc2)c2ccc(OC)cc12. The number of benzene rings is 2. The number of hydrogen-bond acceptors (Lipinski definition) is 3. The standard InChI is InChI=1S/C22H22ClNO3/c1-4-5-17(25)12-19-14(2)24(21-11-10-18(27-3)13-20(19)21)22(26)15-6-8-16(23)9-7-15/h6-11,13H,4-5,12H2,1-3H3. The number of nitrogens with zero attached hydrogens (tertiary/aromatic N) is 1. The highest BCUT2D eigenvalue weighted by molar-refractivity contribution is 6.30. The molecule has 1 aromatic heterocycles. The third-order valence-corrected chi connectivity index (χ3v) is 4.99. The summed E-state index contributed by atoms with van der Waals surface area (Å²) in [6.45, 7) is 3.87. The number of carbonyl (C=O) groups is 2. The Bertz CT molecular complexity index is 1000. The molecule has 3 rings (SSSR count). The predicted octanol–water partition coefficient (Wildman–Crippen LogP) is 5.21. The maximum atomic E-state index is 13.2. The van der Waals surface area contributed by atoms with Gasteiger partial charge in [-0.3, -0.25) is 14.2 Å². The quantitative estimate of drug-likeness (QED) is 0.586. The molecule has 2 aromatic carbocycles. The van der Waals surface area contributed by atoms with Crippen LogP contribution in [0, 0.1) is 6.92 Å². The topological polar surface area (TPSA) is 48.3 Å². The lowest BCUT2D eigenvalue weighted by Crippen LogP contribution is -2.14. The van der Waals surface area contributed by atoms with Crippen molar-refractivity contribution < 1.29 is 14.3 Å². The maximum absolute atomic E-state index is 13.2. The Morgan fingerprint density at radius 1 is 1.11 bits per heavy atom. The van der Waals surface area contributed by atoms with E-state index in [4.69, 9.17) is 16.3 Å². The molecule has 140 valence electrons. The average Bonchev–Trinajstić information content (AvgIpc) is 2.93. The molecule has 0 saturated heterocycles. The molecule has 0 N–H and O–H groups in total. The van der Waals surface area contributed by atoms with Crippen LogP contribution in [0.4, 0.5) is 0 Å². The summed E-state index contributed by atoms with van der Waals surface area (Å²) in [5.74, 6) is 0.720. The molecule has 0 aliphatic carbocycles. The van der Waals surface area contributed by atoms with Crippen molar-refractivity contribution in [2.45, 2.75) is 33.1 Å². The summed E-state index contributed by atoms with van der Waals surface area (Å²) in [5.41, 5.74) is 2.97. The predicted molar refractivity (Wildman–Crippen MR) is 108 cm³/mol. The van der Waals surface area contributed by atoms with Crippen LogP contribution in [0.3, 0.4) is 0 Å². The molecule has 0 amide bonds. The van der Waals surface area contributed by atoms with Gasteiger partial charge in [-0.1, -0.05) is 18.5 Å². The van der Waals surface area contributed by atoms with Gasteiger partial charge in [0.15, 0.2) is 0 Å². The molecule has 0 atom stereocenters.